The summed E-state index contributed by atoms with van der Waals surface area (Å²) in [5.74, 6) is -1.64. The first-order valence-corrected chi connectivity index (χ1v) is 7.99. The van der Waals surface area contributed by atoms with Gasteiger partial charge < -0.3 is 10.1 Å². The molecule has 26 heavy (non-hydrogen) atoms. The molecule has 0 aliphatic heterocycles. The summed E-state index contributed by atoms with van der Waals surface area (Å²) in [5.41, 5.74) is -0.442. The van der Waals surface area contributed by atoms with Crippen LogP contribution in [0.3, 0.4) is 0 Å². The number of aryl methyl sites for hydroxylation is 1. The summed E-state index contributed by atoms with van der Waals surface area (Å²) in [6, 6.07) is 5.64. The number of nitrogens with one attached hydrogen (secondary N) is 2. The van der Waals surface area contributed by atoms with E-state index >= 15 is 0 Å². The highest BCUT2D eigenvalue weighted by atomic mass is 16.5. The Hall–Kier alpha value is -3.23. The largest absolute Gasteiger partial charge is 0.448 e. The molecule has 1 atom stereocenters. The van der Waals surface area contributed by atoms with Gasteiger partial charge in [-0.05, 0) is 26.8 Å². The van der Waals surface area contributed by atoms with Gasteiger partial charge in [-0.1, -0.05) is 18.2 Å². The van der Waals surface area contributed by atoms with Crippen LogP contribution in [0.5, 0.6) is 0 Å². The highest BCUT2D eigenvalue weighted by molar-refractivity contribution is 6.03. The highest BCUT2D eigenvalue weighted by Gasteiger charge is 2.24. The maximum Gasteiger partial charge on any atom is 0.360 e. The third-order valence-electron chi connectivity index (χ3n) is 3.46. The molecule has 1 heterocycles. The molecule has 0 unspecified atom stereocenters. The summed E-state index contributed by atoms with van der Waals surface area (Å²) in [5, 5.41) is 9.14. The van der Waals surface area contributed by atoms with Crippen molar-refractivity contribution in [2.24, 2.45) is 7.05 Å². The molecule has 9 nitrogen and oxygen atoms in total. The van der Waals surface area contributed by atoms with Crippen LogP contribution in [0.4, 0.5) is 4.79 Å². The van der Waals surface area contributed by atoms with Gasteiger partial charge in [0.05, 0.1) is 5.39 Å². The number of carbonyl (C=O) groups excluding carboxylic acids is 3. The van der Waals surface area contributed by atoms with Crippen molar-refractivity contribution >= 4 is 28.7 Å². The number of benzene rings is 1. The lowest BCUT2D eigenvalue weighted by molar-refractivity contribution is -0.127. The molecule has 3 amide bonds. The van der Waals surface area contributed by atoms with Crippen LogP contribution in [0, 0.1) is 0 Å². The van der Waals surface area contributed by atoms with Crippen LogP contribution in [0.25, 0.3) is 10.8 Å². The number of hydrogen-bond donors (Lipinski definition) is 2. The summed E-state index contributed by atoms with van der Waals surface area (Å²) in [4.78, 5) is 48.0. The van der Waals surface area contributed by atoms with Gasteiger partial charge in [0.25, 0.3) is 11.5 Å². The zero-order chi connectivity index (χ0) is 19.4. The molecule has 138 valence electrons. The zero-order valence-electron chi connectivity index (χ0n) is 14.9. The monoisotopic (exact) mass is 360 g/mol. The summed E-state index contributed by atoms with van der Waals surface area (Å²) in [6.07, 6.45) is -1.22. The first-order valence-electron chi connectivity index (χ1n) is 7.99. The maximum atomic E-state index is 12.4. The van der Waals surface area contributed by atoms with Gasteiger partial charge >= 0.3 is 12.0 Å². The second-order valence-corrected chi connectivity index (χ2v) is 5.99. The quantitative estimate of drug-likeness (QED) is 0.775. The van der Waals surface area contributed by atoms with Gasteiger partial charge in [-0.2, -0.15) is 5.10 Å². The minimum atomic E-state index is -1.22. The molecule has 0 saturated carbocycles. The first kappa shape index (κ1) is 19.1. The van der Waals surface area contributed by atoms with Crippen molar-refractivity contribution in [1.82, 2.24) is 20.4 Å². The molecule has 2 N–H and O–H groups in total. The Kier molecular flexibility index (Phi) is 5.71. The van der Waals surface area contributed by atoms with Crippen molar-refractivity contribution < 1.29 is 19.1 Å². The fourth-order valence-corrected chi connectivity index (χ4v) is 2.23. The van der Waals surface area contributed by atoms with Crippen LogP contribution in [0.2, 0.25) is 0 Å². The molecule has 0 aliphatic carbocycles. The average Bonchev–Trinajstić information content (AvgIpc) is 2.57. The number of aromatic nitrogens is 2. The topological polar surface area (TPSA) is 119 Å². The second-order valence-electron chi connectivity index (χ2n) is 5.99. The number of amides is 3. The summed E-state index contributed by atoms with van der Waals surface area (Å²) >= 11 is 0. The van der Waals surface area contributed by atoms with Crippen LogP contribution in [0.1, 0.15) is 31.3 Å². The number of imide groups is 1. The normalized spacial score (nSPS) is 11.9. The molecule has 2 aromatic rings. The van der Waals surface area contributed by atoms with Crippen molar-refractivity contribution in [3.8, 4) is 0 Å². The Bertz CT molecular complexity index is 919. The van der Waals surface area contributed by atoms with Gasteiger partial charge in [0, 0.05) is 18.5 Å². The van der Waals surface area contributed by atoms with Crippen molar-refractivity contribution in [2.75, 3.05) is 0 Å². The van der Waals surface area contributed by atoms with Crippen LogP contribution in [0.15, 0.2) is 29.1 Å². The smallest absolute Gasteiger partial charge is 0.360 e. The Balaban J connectivity index is 2.19. The highest BCUT2D eigenvalue weighted by Crippen LogP contribution is 2.14. The summed E-state index contributed by atoms with van der Waals surface area (Å²) in [7, 11) is 1.41. The van der Waals surface area contributed by atoms with E-state index in [1.54, 1.807) is 38.1 Å². The fraction of sp³-hybridized carbons (Fsp3) is 0.353. The Morgan fingerprint density at radius 3 is 2.35 bits per heavy atom. The van der Waals surface area contributed by atoms with E-state index in [1.165, 1.54) is 14.0 Å². The average molecular weight is 360 g/mol. The summed E-state index contributed by atoms with van der Waals surface area (Å²) in [6.45, 7) is 4.81. The lowest BCUT2D eigenvalue weighted by atomic mass is 10.1. The van der Waals surface area contributed by atoms with Crippen molar-refractivity contribution in [1.29, 1.82) is 0 Å². The van der Waals surface area contributed by atoms with E-state index in [0.29, 0.717) is 10.8 Å². The molecule has 0 radical (unpaired) electrons. The Labute approximate surface area is 149 Å². The summed E-state index contributed by atoms with van der Waals surface area (Å²) < 4.78 is 6.13. The number of rotatable bonds is 4. The SMILES string of the molecule is CC(C)NC(=O)NC(=O)[C@@H](C)OC(=O)c1nn(C)c(=O)c2ccccc12. The number of fused-ring (bicyclic) bond motifs is 1. The van der Waals surface area contributed by atoms with Crippen LogP contribution in [-0.4, -0.2) is 39.8 Å². The second kappa shape index (κ2) is 7.77. The minimum Gasteiger partial charge on any atom is -0.448 e. The number of carbonyl (C=O) groups is 3. The van der Waals surface area contributed by atoms with Gasteiger partial charge in [-0.15, -0.1) is 0 Å². The minimum absolute atomic E-state index is 0.0889. The molecular formula is C17H20N4O5. The predicted molar refractivity (Wildman–Crippen MR) is 93.7 cm³/mol. The van der Waals surface area contributed by atoms with E-state index in [-0.39, 0.29) is 17.3 Å². The molecule has 9 heteroatoms. The fourth-order valence-electron chi connectivity index (χ4n) is 2.23. The van der Waals surface area contributed by atoms with E-state index in [2.05, 4.69) is 15.7 Å². The molecule has 1 aromatic heterocycles. The van der Waals surface area contributed by atoms with Gasteiger partial charge in [0.15, 0.2) is 11.8 Å². The molecule has 2 rings (SSSR count). The predicted octanol–water partition coefficient (Wildman–Crippen LogP) is 0.713. The standard InChI is InChI=1S/C17H20N4O5/c1-9(2)18-17(25)19-14(22)10(3)26-16(24)13-11-7-5-6-8-12(11)15(23)21(4)20-13/h5-10H,1-4H3,(H2,18,19,22,25)/t10-/m1/s1. The van der Waals surface area contributed by atoms with E-state index in [4.69, 9.17) is 4.74 Å². The molecule has 0 fully saturated rings. The van der Waals surface area contributed by atoms with Crippen molar-refractivity contribution in [3.63, 3.8) is 0 Å². The molecule has 0 saturated heterocycles. The molecular weight excluding hydrogens is 340 g/mol. The Morgan fingerprint density at radius 1 is 1.12 bits per heavy atom. The third-order valence-corrected chi connectivity index (χ3v) is 3.46. The zero-order valence-corrected chi connectivity index (χ0v) is 14.9. The van der Waals surface area contributed by atoms with Gasteiger partial charge in [0.2, 0.25) is 0 Å². The van der Waals surface area contributed by atoms with Crippen molar-refractivity contribution in [2.45, 2.75) is 32.9 Å². The van der Waals surface area contributed by atoms with Gasteiger partial charge in [-0.25, -0.2) is 14.3 Å². The molecule has 1 aromatic carbocycles. The van der Waals surface area contributed by atoms with Crippen LogP contribution < -0.4 is 16.2 Å². The number of nitrogens with zero attached hydrogens (tertiary/aromatic N) is 2. The number of esters is 1. The van der Waals surface area contributed by atoms with Gasteiger partial charge in [0.1, 0.15) is 0 Å². The van der Waals surface area contributed by atoms with E-state index in [1.807, 2.05) is 0 Å². The van der Waals surface area contributed by atoms with Crippen LogP contribution in [-0.2, 0) is 16.6 Å². The maximum absolute atomic E-state index is 12.4. The lowest BCUT2D eigenvalue weighted by Crippen LogP contribution is -2.46. The number of urea groups is 1. The Morgan fingerprint density at radius 2 is 1.73 bits per heavy atom. The molecule has 0 spiro atoms. The first-order chi connectivity index (χ1) is 12.2. The van der Waals surface area contributed by atoms with Gasteiger partial charge in [-0.3, -0.25) is 14.9 Å². The van der Waals surface area contributed by atoms with E-state index in [0.717, 1.165) is 4.68 Å². The third kappa shape index (κ3) is 4.24. The molecule has 0 bridgehead atoms. The number of hydrogen-bond acceptors (Lipinski definition) is 6. The van der Waals surface area contributed by atoms with Crippen molar-refractivity contribution in [3.05, 3.63) is 40.3 Å². The van der Waals surface area contributed by atoms with E-state index in [9.17, 15) is 19.2 Å². The van der Waals surface area contributed by atoms with Crippen LogP contribution >= 0.6 is 0 Å². The molecule has 0 aliphatic rings. The lowest BCUT2D eigenvalue weighted by Gasteiger charge is -2.15. The van der Waals surface area contributed by atoms with E-state index < -0.39 is 24.0 Å². The number of ether oxygens (including phenoxy) is 1.